The molecule has 0 amide bonds. The molecule has 0 aliphatic rings. The molecule has 1 N–H and O–H groups in total. The smallest absolute Gasteiger partial charge is 0.354 e. The fourth-order valence-electron chi connectivity index (χ4n) is 2.84. The number of benzene rings is 2. The molecule has 0 fully saturated rings. The number of rotatable bonds is 6. The third-order valence-corrected chi connectivity index (χ3v) is 5.20. The van der Waals surface area contributed by atoms with Crippen molar-refractivity contribution in [1.29, 1.82) is 0 Å². The molecule has 146 valence electrons. The quantitative estimate of drug-likeness (QED) is 0.367. The SMILES string of the molecule is COc1ccc2nc(Nc3ncnc(N(C)c4ccccc4)c3[N+](=O)[O-])sc2c1. The van der Waals surface area contributed by atoms with E-state index in [0.717, 1.165) is 15.9 Å². The van der Waals surface area contributed by atoms with Gasteiger partial charge in [-0.3, -0.25) is 10.1 Å². The van der Waals surface area contributed by atoms with Gasteiger partial charge in [-0.25, -0.2) is 15.0 Å². The predicted molar refractivity (Wildman–Crippen MR) is 113 cm³/mol. The highest BCUT2D eigenvalue weighted by Gasteiger charge is 2.27. The van der Waals surface area contributed by atoms with Crippen molar-refractivity contribution in [3.05, 3.63) is 65.0 Å². The third kappa shape index (κ3) is 3.65. The van der Waals surface area contributed by atoms with Gasteiger partial charge in [0, 0.05) is 12.7 Å². The Labute approximate surface area is 169 Å². The van der Waals surface area contributed by atoms with Gasteiger partial charge in [-0.05, 0) is 30.3 Å². The van der Waals surface area contributed by atoms with E-state index in [2.05, 4.69) is 20.3 Å². The molecule has 0 saturated carbocycles. The molecule has 10 heteroatoms. The summed E-state index contributed by atoms with van der Waals surface area (Å²) in [7, 11) is 3.31. The molecule has 0 bridgehead atoms. The Balaban J connectivity index is 1.73. The number of nitro groups is 1. The van der Waals surface area contributed by atoms with Crippen LogP contribution in [0.15, 0.2) is 54.9 Å². The van der Waals surface area contributed by atoms with Gasteiger partial charge in [-0.15, -0.1) is 0 Å². The number of thiazole rings is 1. The number of aromatic nitrogens is 3. The Morgan fingerprint density at radius 3 is 2.69 bits per heavy atom. The first-order valence-corrected chi connectivity index (χ1v) is 9.38. The average Bonchev–Trinajstić information content (AvgIpc) is 3.14. The summed E-state index contributed by atoms with van der Waals surface area (Å²) in [5.74, 6) is 0.975. The molecule has 0 aliphatic heterocycles. The van der Waals surface area contributed by atoms with Crippen molar-refractivity contribution < 1.29 is 9.66 Å². The second-order valence-electron chi connectivity index (χ2n) is 6.02. The Hall–Kier alpha value is -3.79. The lowest BCUT2D eigenvalue weighted by Crippen LogP contribution is -2.14. The molecule has 2 aromatic carbocycles. The Bertz CT molecular complexity index is 1180. The summed E-state index contributed by atoms with van der Waals surface area (Å²) in [6.45, 7) is 0. The molecule has 0 unspecified atom stereocenters. The van der Waals surface area contributed by atoms with Crippen LogP contribution >= 0.6 is 11.3 Å². The van der Waals surface area contributed by atoms with Crippen LogP contribution in [0.2, 0.25) is 0 Å². The van der Waals surface area contributed by atoms with Gasteiger partial charge in [0.1, 0.15) is 12.1 Å². The van der Waals surface area contributed by atoms with Crippen molar-refractivity contribution in [3.63, 3.8) is 0 Å². The van der Waals surface area contributed by atoms with Gasteiger partial charge in [0.05, 0.1) is 22.2 Å². The lowest BCUT2D eigenvalue weighted by Gasteiger charge is -2.18. The third-order valence-electron chi connectivity index (χ3n) is 4.27. The summed E-state index contributed by atoms with van der Waals surface area (Å²) in [5, 5.41) is 15.3. The minimum Gasteiger partial charge on any atom is -0.497 e. The van der Waals surface area contributed by atoms with E-state index >= 15 is 0 Å². The predicted octanol–water partition coefficient (Wildman–Crippen LogP) is 4.51. The minimum absolute atomic E-state index is 0.0776. The summed E-state index contributed by atoms with van der Waals surface area (Å²) >= 11 is 1.35. The zero-order valence-electron chi connectivity index (χ0n) is 15.6. The second-order valence-corrected chi connectivity index (χ2v) is 7.05. The minimum atomic E-state index is -0.493. The molecule has 0 saturated heterocycles. The van der Waals surface area contributed by atoms with E-state index in [4.69, 9.17) is 4.74 Å². The van der Waals surface area contributed by atoms with E-state index in [1.54, 1.807) is 19.1 Å². The van der Waals surface area contributed by atoms with Gasteiger partial charge >= 0.3 is 5.69 Å². The number of hydrogen-bond acceptors (Lipinski definition) is 9. The molecular weight excluding hydrogens is 392 g/mol. The van der Waals surface area contributed by atoms with Crippen LogP contribution in [0.4, 0.5) is 28.1 Å². The van der Waals surface area contributed by atoms with E-state index in [0.29, 0.717) is 10.9 Å². The molecule has 0 radical (unpaired) electrons. The van der Waals surface area contributed by atoms with Crippen LogP contribution in [-0.2, 0) is 0 Å². The topological polar surface area (TPSA) is 106 Å². The van der Waals surface area contributed by atoms with Gasteiger partial charge in [0.25, 0.3) is 0 Å². The number of nitrogens with one attached hydrogen (secondary N) is 1. The second kappa shape index (κ2) is 7.68. The molecule has 9 nitrogen and oxygen atoms in total. The maximum absolute atomic E-state index is 11.8. The number of hydrogen-bond donors (Lipinski definition) is 1. The fourth-order valence-corrected chi connectivity index (χ4v) is 3.73. The fraction of sp³-hybridized carbons (Fsp3) is 0.105. The van der Waals surface area contributed by atoms with Gasteiger partial charge in [-0.2, -0.15) is 0 Å². The molecule has 0 spiro atoms. The maximum Gasteiger partial charge on any atom is 0.354 e. The first kappa shape index (κ1) is 18.6. The zero-order valence-corrected chi connectivity index (χ0v) is 16.4. The van der Waals surface area contributed by atoms with Crippen LogP contribution in [0.25, 0.3) is 10.2 Å². The number of para-hydroxylation sites is 1. The molecule has 4 rings (SSSR count). The number of ether oxygens (including phenoxy) is 1. The zero-order chi connectivity index (χ0) is 20.4. The van der Waals surface area contributed by atoms with Gasteiger partial charge in [0.15, 0.2) is 5.13 Å². The maximum atomic E-state index is 11.8. The van der Waals surface area contributed by atoms with Crippen molar-refractivity contribution in [2.45, 2.75) is 0 Å². The highest BCUT2D eigenvalue weighted by Crippen LogP contribution is 2.37. The van der Waals surface area contributed by atoms with E-state index < -0.39 is 4.92 Å². The normalized spacial score (nSPS) is 10.7. The van der Waals surface area contributed by atoms with Crippen molar-refractivity contribution in [3.8, 4) is 5.75 Å². The first-order valence-electron chi connectivity index (χ1n) is 8.56. The lowest BCUT2D eigenvalue weighted by atomic mass is 10.3. The van der Waals surface area contributed by atoms with Crippen LogP contribution in [0.1, 0.15) is 0 Å². The monoisotopic (exact) mass is 408 g/mol. The molecule has 0 aliphatic carbocycles. The lowest BCUT2D eigenvalue weighted by molar-refractivity contribution is -0.383. The number of fused-ring (bicyclic) bond motifs is 1. The van der Waals surface area contributed by atoms with Crippen LogP contribution in [0, 0.1) is 10.1 Å². The number of nitrogens with zero attached hydrogens (tertiary/aromatic N) is 5. The van der Waals surface area contributed by atoms with Crippen molar-refractivity contribution in [1.82, 2.24) is 15.0 Å². The molecule has 2 heterocycles. The van der Waals surface area contributed by atoms with Crippen molar-refractivity contribution in [2.75, 3.05) is 24.4 Å². The van der Waals surface area contributed by atoms with E-state index in [-0.39, 0.29) is 17.3 Å². The van der Waals surface area contributed by atoms with Crippen LogP contribution in [0.5, 0.6) is 5.75 Å². The molecule has 4 aromatic rings. The Kier molecular flexibility index (Phi) is 4.92. The highest BCUT2D eigenvalue weighted by molar-refractivity contribution is 7.22. The summed E-state index contributed by atoms with van der Waals surface area (Å²) in [4.78, 5) is 25.7. The Morgan fingerprint density at radius 2 is 1.97 bits per heavy atom. The van der Waals surface area contributed by atoms with Crippen LogP contribution < -0.4 is 15.0 Å². The largest absolute Gasteiger partial charge is 0.497 e. The van der Waals surface area contributed by atoms with Crippen LogP contribution in [-0.4, -0.2) is 34.0 Å². The van der Waals surface area contributed by atoms with Gasteiger partial charge in [-0.1, -0.05) is 29.5 Å². The summed E-state index contributed by atoms with van der Waals surface area (Å²) < 4.78 is 6.12. The van der Waals surface area contributed by atoms with Gasteiger partial charge < -0.3 is 15.0 Å². The van der Waals surface area contributed by atoms with E-state index in [9.17, 15) is 10.1 Å². The van der Waals surface area contributed by atoms with Crippen molar-refractivity contribution >= 4 is 49.7 Å². The first-order chi connectivity index (χ1) is 14.1. The molecule has 0 atom stereocenters. The molecular formula is C19H16N6O3S. The summed E-state index contributed by atoms with van der Waals surface area (Å²) in [5.41, 5.74) is 1.31. The summed E-state index contributed by atoms with van der Waals surface area (Å²) in [6, 6.07) is 14.8. The molecule has 2 aromatic heterocycles. The van der Waals surface area contributed by atoms with Gasteiger partial charge in [0.2, 0.25) is 11.6 Å². The van der Waals surface area contributed by atoms with E-state index in [1.165, 1.54) is 17.7 Å². The highest BCUT2D eigenvalue weighted by atomic mass is 32.1. The van der Waals surface area contributed by atoms with Crippen LogP contribution in [0.3, 0.4) is 0 Å². The number of methoxy groups -OCH3 is 1. The number of anilines is 4. The standard InChI is InChI=1S/C19H16N6O3S/c1-24(12-6-4-3-5-7-12)18-16(25(26)27)17(20-11-21-18)23-19-22-14-9-8-13(28-2)10-15(14)29-19/h3-11H,1-2H3,(H,20,21,22,23). The molecule has 29 heavy (non-hydrogen) atoms. The average molecular weight is 408 g/mol. The Morgan fingerprint density at radius 1 is 1.17 bits per heavy atom. The summed E-state index contributed by atoms with van der Waals surface area (Å²) in [6.07, 6.45) is 1.29. The van der Waals surface area contributed by atoms with Crippen molar-refractivity contribution in [2.24, 2.45) is 0 Å². The van der Waals surface area contributed by atoms with E-state index in [1.807, 2.05) is 48.5 Å².